The van der Waals surface area contributed by atoms with Gasteiger partial charge in [-0.1, -0.05) is 0 Å². The highest BCUT2D eigenvalue weighted by Crippen LogP contribution is 2.38. The van der Waals surface area contributed by atoms with Crippen LogP contribution < -0.4 is 5.32 Å². The number of nitrogens with one attached hydrogen (secondary N) is 2. The van der Waals surface area contributed by atoms with Crippen LogP contribution in [0.1, 0.15) is 54.9 Å². The lowest BCUT2D eigenvalue weighted by Crippen LogP contribution is -2.41. The van der Waals surface area contributed by atoms with Gasteiger partial charge in [-0.25, -0.2) is 14.8 Å². The summed E-state index contributed by atoms with van der Waals surface area (Å²) in [6, 6.07) is 1.83. The molecule has 1 atom stereocenters. The minimum Gasteiger partial charge on any atom is -0.324 e. The second kappa shape index (κ2) is 6.57. The van der Waals surface area contributed by atoms with Crippen molar-refractivity contribution in [2.45, 2.75) is 44.4 Å². The Balaban J connectivity index is 1.28. The molecule has 2 aliphatic rings. The molecule has 4 heterocycles. The fourth-order valence-corrected chi connectivity index (χ4v) is 3.96. The SMILES string of the molecule is Cc1nn(C)c2ncc(NC(=O)N3CCCC(c4n[nH]c(C5CC5)n4)C3)cc12. The van der Waals surface area contributed by atoms with Gasteiger partial charge < -0.3 is 10.2 Å². The number of aromatic amines is 1. The van der Waals surface area contributed by atoms with Crippen molar-refractivity contribution in [2.24, 2.45) is 7.05 Å². The van der Waals surface area contributed by atoms with E-state index in [2.05, 4.69) is 30.6 Å². The zero-order chi connectivity index (χ0) is 19.3. The number of aryl methyl sites for hydroxylation is 2. The van der Waals surface area contributed by atoms with Crippen LogP contribution in [0.4, 0.5) is 10.5 Å². The summed E-state index contributed by atoms with van der Waals surface area (Å²) >= 11 is 0. The maximum absolute atomic E-state index is 12.8. The number of carbonyl (C=O) groups is 1. The number of nitrogens with zero attached hydrogens (tertiary/aromatic N) is 6. The van der Waals surface area contributed by atoms with Crippen molar-refractivity contribution in [2.75, 3.05) is 18.4 Å². The summed E-state index contributed by atoms with van der Waals surface area (Å²) in [4.78, 5) is 23.8. The van der Waals surface area contributed by atoms with E-state index in [0.717, 1.165) is 47.8 Å². The fourth-order valence-electron chi connectivity index (χ4n) is 3.96. The normalized spacial score (nSPS) is 19.9. The standard InChI is InChI=1S/C19H24N8O/c1-11-15-8-14(9-20-18(15)26(2)25-11)21-19(28)27-7-3-4-13(10-27)17-22-16(23-24-17)12-5-6-12/h8-9,12-13H,3-7,10H2,1-2H3,(H,21,28)(H,22,23,24). The molecule has 0 bridgehead atoms. The molecule has 1 saturated carbocycles. The number of hydrogen-bond acceptors (Lipinski definition) is 5. The number of aromatic nitrogens is 6. The Morgan fingerprint density at radius 3 is 2.96 bits per heavy atom. The van der Waals surface area contributed by atoms with Crippen LogP contribution in [0.25, 0.3) is 11.0 Å². The maximum Gasteiger partial charge on any atom is 0.321 e. The Hall–Kier alpha value is -2.97. The van der Waals surface area contributed by atoms with Gasteiger partial charge in [0.2, 0.25) is 0 Å². The second-order valence-electron chi connectivity index (χ2n) is 7.87. The predicted octanol–water partition coefficient (Wildman–Crippen LogP) is 2.68. The molecule has 2 amide bonds. The largest absolute Gasteiger partial charge is 0.324 e. The van der Waals surface area contributed by atoms with Crippen molar-refractivity contribution >= 4 is 22.8 Å². The molecule has 9 nitrogen and oxygen atoms in total. The number of urea groups is 1. The minimum atomic E-state index is -0.106. The van der Waals surface area contributed by atoms with Gasteiger partial charge in [0.05, 0.1) is 17.6 Å². The first-order chi connectivity index (χ1) is 13.6. The summed E-state index contributed by atoms with van der Waals surface area (Å²) in [6.07, 6.45) is 6.03. The number of hydrogen-bond donors (Lipinski definition) is 2. The van der Waals surface area contributed by atoms with E-state index in [1.807, 2.05) is 24.9 Å². The lowest BCUT2D eigenvalue weighted by molar-refractivity contribution is 0.191. The molecule has 2 fully saturated rings. The van der Waals surface area contributed by atoms with Crippen molar-refractivity contribution in [1.29, 1.82) is 0 Å². The average molecular weight is 380 g/mol. The maximum atomic E-state index is 12.8. The van der Waals surface area contributed by atoms with Gasteiger partial charge >= 0.3 is 6.03 Å². The summed E-state index contributed by atoms with van der Waals surface area (Å²) in [5.41, 5.74) is 2.39. The predicted molar refractivity (Wildman–Crippen MR) is 104 cm³/mol. The molecule has 2 N–H and O–H groups in total. The highest BCUT2D eigenvalue weighted by molar-refractivity contribution is 5.92. The molecule has 0 aromatic carbocycles. The molecule has 146 valence electrons. The van der Waals surface area contributed by atoms with E-state index in [-0.39, 0.29) is 11.9 Å². The van der Waals surface area contributed by atoms with E-state index in [0.29, 0.717) is 18.2 Å². The van der Waals surface area contributed by atoms with Crippen LogP contribution in [-0.2, 0) is 7.05 Å². The Morgan fingerprint density at radius 1 is 1.29 bits per heavy atom. The van der Waals surface area contributed by atoms with Crippen molar-refractivity contribution in [3.05, 3.63) is 29.6 Å². The molecule has 1 unspecified atom stereocenters. The summed E-state index contributed by atoms with van der Waals surface area (Å²) in [7, 11) is 1.87. The summed E-state index contributed by atoms with van der Waals surface area (Å²) in [6.45, 7) is 3.32. The van der Waals surface area contributed by atoms with E-state index in [9.17, 15) is 4.79 Å². The number of H-pyrrole nitrogens is 1. The van der Waals surface area contributed by atoms with Gasteiger partial charge in [0.25, 0.3) is 0 Å². The lowest BCUT2D eigenvalue weighted by Gasteiger charge is -2.31. The Kier molecular flexibility index (Phi) is 4.03. The Bertz CT molecular complexity index is 1030. The molecule has 3 aromatic heterocycles. The number of fused-ring (bicyclic) bond motifs is 1. The molecular weight excluding hydrogens is 356 g/mol. The Morgan fingerprint density at radius 2 is 2.14 bits per heavy atom. The van der Waals surface area contributed by atoms with E-state index in [4.69, 9.17) is 0 Å². The van der Waals surface area contributed by atoms with Gasteiger partial charge in [0.15, 0.2) is 11.5 Å². The van der Waals surface area contributed by atoms with Gasteiger partial charge in [0.1, 0.15) is 5.82 Å². The van der Waals surface area contributed by atoms with E-state index in [1.54, 1.807) is 10.9 Å². The van der Waals surface area contributed by atoms with Crippen molar-refractivity contribution < 1.29 is 4.79 Å². The highest BCUT2D eigenvalue weighted by atomic mass is 16.2. The monoisotopic (exact) mass is 380 g/mol. The summed E-state index contributed by atoms with van der Waals surface area (Å²) in [5, 5.41) is 15.8. The second-order valence-corrected chi connectivity index (χ2v) is 7.87. The van der Waals surface area contributed by atoms with Crippen LogP contribution in [0.15, 0.2) is 12.3 Å². The Labute approximate surface area is 162 Å². The minimum absolute atomic E-state index is 0.106. The van der Waals surface area contributed by atoms with Gasteiger partial charge in [0, 0.05) is 37.4 Å². The van der Waals surface area contributed by atoms with E-state index in [1.165, 1.54) is 12.8 Å². The molecule has 0 radical (unpaired) electrons. The number of piperidine rings is 1. The molecule has 1 aliphatic heterocycles. The van der Waals surface area contributed by atoms with Crippen LogP contribution in [0.5, 0.6) is 0 Å². The lowest BCUT2D eigenvalue weighted by atomic mass is 9.97. The number of anilines is 1. The molecule has 9 heteroatoms. The van der Waals surface area contributed by atoms with Gasteiger partial charge in [-0.3, -0.25) is 9.78 Å². The summed E-state index contributed by atoms with van der Waals surface area (Å²) in [5.74, 6) is 2.59. The number of amides is 2. The van der Waals surface area contributed by atoms with Crippen LogP contribution in [0.2, 0.25) is 0 Å². The van der Waals surface area contributed by atoms with Crippen molar-refractivity contribution in [1.82, 2.24) is 34.8 Å². The number of carbonyl (C=O) groups excluding carboxylic acids is 1. The number of rotatable bonds is 3. The first kappa shape index (κ1) is 17.2. The van der Waals surface area contributed by atoms with Crippen LogP contribution in [-0.4, -0.2) is 54.0 Å². The third kappa shape index (κ3) is 3.10. The third-order valence-electron chi connectivity index (χ3n) is 5.67. The van der Waals surface area contributed by atoms with Crippen LogP contribution in [0, 0.1) is 6.92 Å². The van der Waals surface area contributed by atoms with Crippen molar-refractivity contribution in [3.8, 4) is 0 Å². The first-order valence-electron chi connectivity index (χ1n) is 9.86. The first-order valence-corrected chi connectivity index (χ1v) is 9.86. The smallest absolute Gasteiger partial charge is 0.321 e. The molecule has 1 aliphatic carbocycles. The zero-order valence-electron chi connectivity index (χ0n) is 16.1. The molecule has 0 spiro atoms. The fraction of sp³-hybridized carbons (Fsp3) is 0.526. The average Bonchev–Trinajstić information content (AvgIpc) is 3.36. The zero-order valence-corrected chi connectivity index (χ0v) is 16.1. The molecule has 5 rings (SSSR count). The topological polar surface area (TPSA) is 105 Å². The summed E-state index contributed by atoms with van der Waals surface area (Å²) < 4.78 is 1.75. The third-order valence-corrected chi connectivity index (χ3v) is 5.67. The van der Waals surface area contributed by atoms with Crippen LogP contribution >= 0.6 is 0 Å². The molecular formula is C19H24N8O. The molecule has 28 heavy (non-hydrogen) atoms. The number of likely N-dealkylation sites (tertiary alicyclic amines) is 1. The number of pyridine rings is 1. The van der Waals surface area contributed by atoms with Crippen molar-refractivity contribution in [3.63, 3.8) is 0 Å². The van der Waals surface area contributed by atoms with E-state index < -0.39 is 0 Å². The molecule has 3 aromatic rings. The van der Waals surface area contributed by atoms with Gasteiger partial charge in [-0.15, -0.1) is 0 Å². The van der Waals surface area contributed by atoms with Gasteiger partial charge in [-0.2, -0.15) is 10.2 Å². The van der Waals surface area contributed by atoms with E-state index >= 15 is 0 Å². The quantitative estimate of drug-likeness (QED) is 0.727. The highest BCUT2D eigenvalue weighted by Gasteiger charge is 2.31. The van der Waals surface area contributed by atoms with Gasteiger partial charge in [-0.05, 0) is 38.7 Å². The molecule has 1 saturated heterocycles. The van der Waals surface area contributed by atoms with Crippen LogP contribution in [0.3, 0.4) is 0 Å².